The van der Waals surface area contributed by atoms with Crippen LogP contribution in [0.1, 0.15) is 6.42 Å². The van der Waals surface area contributed by atoms with Crippen molar-refractivity contribution in [1.29, 1.82) is 0 Å². The standard InChI is InChI=1S/C13H32N2O3Si3/c1-19(2,3)14-11(13(17)18-21(7,8)9)10-12(16)15-20(4,5)6/h11,14H,10H2,1-9H3,(H,15,16)/t11-/m0/s1. The van der Waals surface area contributed by atoms with E-state index >= 15 is 0 Å². The van der Waals surface area contributed by atoms with Crippen LogP contribution in [0.2, 0.25) is 58.9 Å². The summed E-state index contributed by atoms with van der Waals surface area (Å²) in [5.74, 6) is -0.361. The largest absolute Gasteiger partial charge is 0.519 e. The summed E-state index contributed by atoms with van der Waals surface area (Å²) in [7, 11) is -5.33. The van der Waals surface area contributed by atoms with Gasteiger partial charge in [0.15, 0.2) is 0 Å². The molecule has 5 nitrogen and oxygen atoms in total. The molecule has 0 fully saturated rings. The molecule has 0 heterocycles. The molecule has 1 amide bonds. The van der Waals surface area contributed by atoms with Gasteiger partial charge in [0, 0.05) is 0 Å². The van der Waals surface area contributed by atoms with Crippen molar-refractivity contribution < 1.29 is 14.0 Å². The van der Waals surface area contributed by atoms with Crippen molar-refractivity contribution in [2.75, 3.05) is 0 Å². The molecular weight excluding hydrogens is 316 g/mol. The SMILES string of the molecule is C[Si](C)(C)NC(=O)C[C@H](N[Si](C)(C)C)C(=O)O[Si](C)(C)C. The van der Waals surface area contributed by atoms with Crippen LogP contribution >= 0.6 is 0 Å². The maximum Gasteiger partial charge on any atom is 0.309 e. The molecule has 1 atom stereocenters. The molecule has 2 N–H and O–H groups in total. The Labute approximate surface area is 132 Å². The highest BCUT2D eigenvalue weighted by Crippen LogP contribution is 2.10. The van der Waals surface area contributed by atoms with Gasteiger partial charge in [-0.25, -0.2) is 0 Å². The number of nitrogens with one attached hydrogen (secondary N) is 2. The molecule has 0 spiro atoms. The average Bonchev–Trinajstić information content (AvgIpc) is 2.07. The van der Waals surface area contributed by atoms with Gasteiger partial charge in [-0.3, -0.25) is 9.59 Å². The Hall–Kier alpha value is -0.449. The maximum absolute atomic E-state index is 12.3. The van der Waals surface area contributed by atoms with Crippen molar-refractivity contribution in [2.24, 2.45) is 0 Å². The first-order valence-corrected chi connectivity index (χ1v) is 17.8. The Balaban J connectivity index is 4.91. The van der Waals surface area contributed by atoms with E-state index < -0.39 is 30.8 Å². The molecule has 0 aromatic rings. The zero-order valence-corrected chi connectivity index (χ0v) is 18.0. The predicted molar refractivity (Wildman–Crippen MR) is 95.8 cm³/mol. The van der Waals surface area contributed by atoms with Crippen LogP contribution < -0.4 is 9.96 Å². The second-order valence-corrected chi connectivity index (χ2v) is 22.5. The van der Waals surface area contributed by atoms with E-state index in [-0.39, 0.29) is 18.3 Å². The van der Waals surface area contributed by atoms with Gasteiger partial charge >= 0.3 is 5.97 Å². The summed E-state index contributed by atoms with van der Waals surface area (Å²) in [6.45, 7) is 18.4. The Morgan fingerprint density at radius 3 is 1.71 bits per heavy atom. The molecule has 0 aliphatic carbocycles. The third kappa shape index (κ3) is 11.8. The van der Waals surface area contributed by atoms with Gasteiger partial charge in [-0.15, -0.1) is 0 Å². The Morgan fingerprint density at radius 2 is 1.38 bits per heavy atom. The first-order valence-electron chi connectivity index (χ1n) is 7.41. The van der Waals surface area contributed by atoms with Crippen molar-refractivity contribution in [3.05, 3.63) is 0 Å². The van der Waals surface area contributed by atoms with Crippen LogP contribution in [0.15, 0.2) is 0 Å². The van der Waals surface area contributed by atoms with E-state index in [0.717, 1.165) is 0 Å². The van der Waals surface area contributed by atoms with Crippen molar-refractivity contribution in [3.63, 3.8) is 0 Å². The first kappa shape index (κ1) is 20.6. The van der Waals surface area contributed by atoms with Gasteiger partial charge in [0.1, 0.15) is 22.5 Å². The number of carbonyl (C=O) groups excluding carboxylic acids is 2. The summed E-state index contributed by atoms with van der Waals surface area (Å²) in [6.07, 6.45) is 0.151. The van der Waals surface area contributed by atoms with Crippen LogP contribution in [0.3, 0.4) is 0 Å². The summed E-state index contributed by atoms with van der Waals surface area (Å²) >= 11 is 0. The minimum absolute atomic E-state index is 0.0718. The Bertz CT molecular complexity index is 382. The van der Waals surface area contributed by atoms with Crippen LogP contribution in [0.5, 0.6) is 0 Å². The lowest BCUT2D eigenvalue weighted by molar-refractivity contribution is -0.139. The zero-order valence-electron chi connectivity index (χ0n) is 15.0. The molecule has 0 rings (SSSR count). The van der Waals surface area contributed by atoms with Crippen molar-refractivity contribution in [2.45, 2.75) is 71.4 Å². The molecule has 124 valence electrons. The molecule has 0 radical (unpaired) electrons. The lowest BCUT2D eigenvalue weighted by atomic mass is 10.2. The fraction of sp³-hybridized carbons (Fsp3) is 0.846. The number of rotatable bonds is 7. The van der Waals surface area contributed by atoms with Gasteiger partial charge in [-0.2, -0.15) is 0 Å². The molecular formula is C13H32N2O3Si3. The minimum atomic E-state index is -1.95. The van der Waals surface area contributed by atoms with Gasteiger partial charge < -0.3 is 14.4 Å². The molecule has 0 saturated carbocycles. The third-order valence-electron chi connectivity index (χ3n) is 2.20. The van der Waals surface area contributed by atoms with E-state index in [9.17, 15) is 9.59 Å². The molecule has 0 aliphatic heterocycles. The number of hydrogen-bond donors (Lipinski definition) is 2. The van der Waals surface area contributed by atoms with Crippen LogP contribution in [0, 0.1) is 0 Å². The monoisotopic (exact) mass is 348 g/mol. The highest BCUT2D eigenvalue weighted by atomic mass is 28.4. The molecule has 0 aliphatic rings. The third-order valence-corrected chi connectivity index (χ3v) is 5.26. The summed E-state index contributed by atoms with van der Waals surface area (Å²) < 4.78 is 5.57. The van der Waals surface area contributed by atoms with E-state index in [2.05, 4.69) is 49.2 Å². The number of hydrogen-bond acceptors (Lipinski definition) is 4. The van der Waals surface area contributed by atoms with Gasteiger partial charge in [0.25, 0.3) is 0 Å². The van der Waals surface area contributed by atoms with E-state index in [1.165, 1.54) is 0 Å². The molecule has 0 saturated heterocycles. The Morgan fingerprint density at radius 1 is 0.905 bits per heavy atom. The van der Waals surface area contributed by atoms with Crippen molar-refractivity contribution in [1.82, 2.24) is 9.96 Å². The van der Waals surface area contributed by atoms with Crippen molar-refractivity contribution >= 4 is 36.7 Å². The van der Waals surface area contributed by atoms with Crippen LogP contribution in [0.4, 0.5) is 0 Å². The first-order chi connectivity index (χ1) is 9.09. The van der Waals surface area contributed by atoms with Crippen LogP contribution in [-0.4, -0.2) is 42.7 Å². The average molecular weight is 349 g/mol. The second-order valence-electron chi connectivity index (χ2n) is 8.48. The van der Waals surface area contributed by atoms with Crippen LogP contribution in [0.25, 0.3) is 0 Å². The molecule has 21 heavy (non-hydrogen) atoms. The molecule has 8 heteroatoms. The minimum Gasteiger partial charge on any atom is -0.519 e. The summed E-state index contributed by atoms with van der Waals surface area (Å²) in [4.78, 5) is 30.8. The van der Waals surface area contributed by atoms with E-state index in [1.807, 2.05) is 19.6 Å². The molecule has 0 aromatic carbocycles. The highest BCUT2D eigenvalue weighted by Gasteiger charge is 2.32. The second kappa shape index (κ2) is 7.21. The molecule has 0 bridgehead atoms. The topological polar surface area (TPSA) is 67.4 Å². The molecule has 0 aromatic heterocycles. The van der Waals surface area contributed by atoms with Crippen molar-refractivity contribution in [3.8, 4) is 0 Å². The summed E-state index contributed by atoms with van der Waals surface area (Å²) in [5, 5.41) is 0. The maximum atomic E-state index is 12.3. The van der Waals surface area contributed by atoms with E-state index in [4.69, 9.17) is 4.43 Å². The normalized spacial score (nSPS) is 14.5. The number of amides is 1. The lowest BCUT2D eigenvalue weighted by Crippen LogP contribution is -2.56. The van der Waals surface area contributed by atoms with E-state index in [1.54, 1.807) is 0 Å². The number of carbonyl (C=O) groups is 2. The summed E-state index contributed by atoms with van der Waals surface area (Å²) in [6, 6.07) is -0.542. The van der Waals surface area contributed by atoms with Gasteiger partial charge in [-0.05, 0) is 19.6 Å². The van der Waals surface area contributed by atoms with Gasteiger partial charge in [0.2, 0.25) is 14.2 Å². The zero-order chi connectivity index (χ0) is 17.1. The summed E-state index contributed by atoms with van der Waals surface area (Å²) in [5.41, 5.74) is 0. The van der Waals surface area contributed by atoms with Crippen LogP contribution in [-0.2, 0) is 14.0 Å². The lowest BCUT2D eigenvalue weighted by Gasteiger charge is -2.29. The predicted octanol–water partition coefficient (Wildman–Crippen LogP) is 2.50. The quantitative estimate of drug-likeness (QED) is 0.694. The fourth-order valence-electron chi connectivity index (χ4n) is 1.74. The smallest absolute Gasteiger partial charge is 0.309 e. The van der Waals surface area contributed by atoms with Gasteiger partial charge in [0.05, 0.1) is 6.42 Å². The van der Waals surface area contributed by atoms with Gasteiger partial charge in [-0.1, -0.05) is 39.3 Å². The fourth-order valence-corrected chi connectivity index (χ4v) is 4.69. The Kier molecular flexibility index (Phi) is 7.05. The highest BCUT2D eigenvalue weighted by molar-refractivity contribution is 6.76. The van der Waals surface area contributed by atoms with E-state index in [0.29, 0.717) is 0 Å². The molecule has 0 unspecified atom stereocenters.